The van der Waals surface area contributed by atoms with Gasteiger partial charge in [0.15, 0.2) is 17.5 Å². The molecule has 0 aliphatic carbocycles. The lowest BCUT2D eigenvalue weighted by Gasteiger charge is -2.10. The predicted octanol–water partition coefficient (Wildman–Crippen LogP) is 1.49. The predicted molar refractivity (Wildman–Crippen MR) is 44.9 cm³/mol. The van der Waals surface area contributed by atoms with E-state index in [1.54, 1.807) is 0 Å². The lowest BCUT2D eigenvalue weighted by Crippen LogP contribution is -2.13. The summed E-state index contributed by atoms with van der Waals surface area (Å²) in [4.78, 5) is 0. The SMILES string of the molecule is N[C@H](CCO)c1cc(F)c(F)c(F)c1. The van der Waals surface area contributed by atoms with Gasteiger partial charge in [0, 0.05) is 12.6 Å². The van der Waals surface area contributed by atoms with Crippen molar-refractivity contribution in [3.05, 3.63) is 35.1 Å². The van der Waals surface area contributed by atoms with Crippen LogP contribution in [0, 0.1) is 17.5 Å². The summed E-state index contributed by atoms with van der Waals surface area (Å²) >= 11 is 0. The van der Waals surface area contributed by atoms with Crippen LogP contribution < -0.4 is 5.73 Å². The van der Waals surface area contributed by atoms with Crippen LogP contribution in [0.1, 0.15) is 18.0 Å². The Balaban J connectivity index is 3.00. The fourth-order valence-electron chi connectivity index (χ4n) is 1.09. The zero-order valence-corrected chi connectivity index (χ0v) is 7.30. The molecule has 0 bridgehead atoms. The summed E-state index contributed by atoms with van der Waals surface area (Å²) in [5, 5.41) is 8.55. The maximum absolute atomic E-state index is 12.7. The van der Waals surface area contributed by atoms with E-state index in [-0.39, 0.29) is 18.6 Å². The minimum Gasteiger partial charge on any atom is -0.396 e. The zero-order valence-electron chi connectivity index (χ0n) is 7.30. The standard InChI is InChI=1S/C9H10F3NO/c10-6-3-5(8(13)1-2-14)4-7(11)9(6)12/h3-4,8,14H,1-2,13H2/t8-/m1/s1. The number of rotatable bonds is 3. The molecule has 0 fully saturated rings. The molecule has 1 rings (SSSR count). The second-order valence-corrected chi connectivity index (χ2v) is 2.92. The topological polar surface area (TPSA) is 46.2 Å². The molecule has 0 saturated heterocycles. The summed E-state index contributed by atoms with van der Waals surface area (Å²) in [5.74, 6) is -4.05. The van der Waals surface area contributed by atoms with Gasteiger partial charge in [-0.3, -0.25) is 0 Å². The van der Waals surface area contributed by atoms with E-state index in [4.69, 9.17) is 10.8 Å². The first-order valence-electron chi connectivity index (χ1n) is 4.07. The molecule has 0 saturated carbocycles. The van der Waals surface area contributed by atoms with E-state index in [1.807, 2.05) is 0 Å². The van der Waals surface area contributed by atoms with Crippen LogP contribution in [-0.4, -0.2) is 11.7 Å². The van der Waals surface area contributed by atoms with Gasteiger partial charge < -0.3 is 10.8 Å². The van der Waals surface area contributed by atoms with Crippen molar-refractivity contribution >= 4 is 0 Å². The maximum atomic E-state index is 12.7. The molecular formula is C9H10F3NO. The molecule has 78 valence electrons. The molecule has 0 amide bonds. The van der Waals surface area contributed by atoms with Crippen molar-refractivity contribution in [2.24, 2.45) is 5.73 Å². The molecule has 2 nitrogen and oxygen atoms in total. The van der Waals surface area contributed by atoms with Gasteiger partial charge >= 0.3 is 0 Å². The first-order chi connectivity index (χ1) is 6.56. The zero-order chi connectivity index (χ0) is 10.7. The third-order valence-electron chi connectivity index (χ3n) is 1.87. The molecule has 0 spiro atoms. The van der Waals surface area contributed by atoms with Crippen LogP contribution in [0.3, 0.4) is 0 Å². The number of aliphatic hydroxyl groups excluding tert-OH is 1. The van der Waals surface area contributed by atoms with Crippen LogP contribution in [0.15, 0.2) is 12.1 Å². The normalized spacial score (nSPS) is 12.9. The van der Waals surface area contributed by atoms with Gasteiger partial charge in [-0.05, 0) is 24.1 Å². The third kappa shape index (κ3) is 2.24. The molecule has 0 heterocycles. The van der Waals surface area contributed by atoms with Gasteiger partial charge in [0.25, 0.3) is 0 Å². The van der Waals surface area contributed by atoms with E-state index in [1.165, 1.54) is 0 Å². The molecular weight excluding hydrogens is 195 g/mol. The molecule has 3 N–H and O–H groups in total. The Hall–Kier alpha value is -1.07. The monoisotopic (exact) mass is 205 g/mol. The van der Waals surface area contributed by atoms with Crippen LogP contribution in [0.25, 0.3) is 0 Å². The summed E-state index contributed by atoms with van der Waals surface area (Å²) in [5.41, 5.74) is 5.61. The van der Waals surface area contributed by atoms with E-state index in [0.29, 0.717) is 0 Å². The molecule has 0 radical (unpaired) electrons. The molecule has 0 unspecified atom stereocenters. The average Bonchev–Trinajstić information content (AvgIpc) is 2.13. The Bertz CT molecular complexity index is 307. The van der Waals surface area contributed by atoms with Crippen LogP contribution in [0.2, 0.25) is 0 Å². The molecule has 1 aromatic rings. The Morgan fingerprint density at radius 1 is 1.21 bits per heavy atom. The van der Waals surface area contributed by atoms with E-state index in [0.717, 1.165) is 12.1 Å². The molecule has 1 atom stereocenters. The van der Waals surface area contributed by atoms with Gasteiger partial charge in [0.1, 0.15) is 0 Å². The first-order valence-corrected chi connectivity index (χ1v) is 4.07. The van der Waals surface area contributed by atoms with Crippen LogP contribution >= 0.6 is 0 Å². The van der Waals surface area contributed by atoms with Gasteiger partial charge in [0.05, 0.1) is 0 Å². The van der Waals surface area contributed by atoms with Crippen molar-refractivity contribution in [2.45, 2.75) is 12.5 Å². The number of aliphatic hydroxyl groups is 1. The second-order valence-electron chi connectivity index (χ2n) is 2.92. The van der Waals surface area contributed by atoms with Gasteiger partial charge in [-0.1, -0.05) is 0 Å². The van der Waals surface area contributed by atoms with Crippen LogP contribution in [0.4, 0.5) is 13.2 Å². The third-order valence-corrected chi connectivity index (χ3v) is 1.87. The first kappa shape index (κ1) is 11.0. The number of hydrogen-bond acceptors (Lipinski definition) is 2. The smallest absolute Gasteiger partial charge is 0.194 e. The van der Waals surface area contributed by atoms with Crippen molar-refractivity contribution in [3.8, 4) is 0 Å². The summed E-state index contributed by atoms with van der Waals surface area (Å²) in [7, 11) is 0. The molecule has 14 heavy (non-hydrogen) atoms. The van der Waals surface area contributed by atoms with Crippen molar-refractivity contribution < 1.29 is 18.3 Å². The minimum atomic E-state index is -1.51. The van der Waals surface area contributed by atoms with E-state index < -0.39 is 23.5 Å². The molecule has 0 aliphatic rings. The highest BCUT2D eigenvalue weighted by atomic mass is 19.2. The lowest BCUT2D eigenvalue weighted by molar-refractivity contribution is 0.276. The van der Waals surface area contributed by atoms with Gasteiger partial charge in [0.2, 0.25) is 0 Å². The molecule has 1 aromatic carbocycles. The largest absolute Gasteiger partial charge is 0.396 e. The quantitative estimate of drug-likeness (QED) is 0.734. The number of halogens is 3. The van der Waals surface area contributed by atoms with Crippen molar-refractivity contribution in [1.82, 2.24) is 0 Å². The van der Waals surface area contributed by atoms with Crippen molar-refractivity contribution in [1.29, 1.82) is 0 Å². The molecule has 0 aliphatic heterocycles. The van der Waals surface area contributed by atoms with Gasteiger partial charge in [-0.15, -0.1) is 0 Å². The highest BCUT2D eigenvalue weighted by molar-refractivity contribution is 5.22. The number of hydrogen-bond donors (Lipinski definition) is 2. The Kier molecular flexibility index (Phi) is 3.49. The van der Waals surface area contributed by atoms with E-state index >= 15 is 0 Å². The highest BCUT2D eigenvalue weighted by Gasteiger charge is 2.14. The van der Waals surface area contributed by atoms with Crippen LogP contribution in [0.5, 0.6) is 0 Å². The van der Waals surface area contributed by atoms with Gasteiger partial charge in [-0.25, -0.2) is 13.2 Å². The Morgan fingerprint density at radius 2 is 1.71 bits per heavy atom. The lowest BCUT2D eigenvalue weighted by atomic mass is 10.0. The summed E-state index contributed by atoms with van der Waals surface area (Å²) < 4.78 is 37.9. The average molecular weight is 205 g/mol. The maximum Gasteiger partial charge on any atom is 0.194 e. The Morgan fingerprint density at radius 3 is 2.14 bits per heavy atom. The second kappa shape index (κ2) is 4.43. The van der Waals surface area contributed by atoms with Crippen molar-refractivity contribution in [3.63, 3.8) is 0 Å². The highest BCUT2D eigenvalue weighted by Crippen LogP contribution is 2.19. The molecule has 0 aromatic heterocycles. The number of nitrogens with two attached hydrogens (primary N) is 1. The minimum absolute atomic E-state index is 0.135. The fourth-order valence-corrected chi connectivity index (χ4v) is 1.09. The summed E-state index contributed by atoms with van der Waals surface area (Å²) in [6.45, 7) is -0.193. The van der Waals surface area contributed by atoms with Crippen LogP contribution in [-0.2, 0) is 0 Å². The van der Waals surface area contributed by atoms with Crippen molar-refractivity contribution in [2.75, 3.05) is 6.61 Å². The summed E-state index contributed by atoms with van der Waals surface area (Å²) in [6.07, 6.45) is 0.171. The fraction of sp³-hybridized carbons (Fsp3) is 0.333. The van der Waals surface area contributed by atoms with E-state index in [9.17, 15) is 13.2 Å². The van der Waals surface area contributed by atoms with E-state index in [2.05, 4.69) is 0 Å². The molecule has 5 heteroatoms. The Labute approximate surface area is 79.2 Å². The number of benzene rings is 1. The summed E-state index contributed by atoms with van der Waals surface area (Å²) in [6, 6.07) is 0.974. The van der Waals surface area contributed by atoms with Gasteiger partial charge in [-0.2, -0.15) is 0 Å².